The van der Waals surface area contributed by atoms with Crippen LogP contribution >= 0.6 is 12.4 Å². The van der Waals surface area contributed by atoms with E-state index in [2.05, 4.69) is 22.4 Å². The zero-order valence-corrected chi connectivity index (χ0v) is 15.8. The average molecular weight is 382 g/mol. The van der Waals surface area contributed by atoms with Crippen molar-refractivity contribution in [1.82, 2.24) is 10.1 Å². The lowest BCUT2D eigenvalue weighted by molar-refractivity contribution is 0.0987. The van der Waals surface area contributed by atoms with Crippen molar-refractivity contribution in [2.24, 2.45) is 0 Å². The van der Waals surface area contributed by atoms with Crippen molar-refractivity contribution in [3.05, 3.63) is 36.1 Å². The number of halogens is 1. The summed E-state index contributed by atoms with van der Waals surface area (Å²) in [5.41, 5.74) is 0.616. The smallest absolute Gasteiger partial charge is 0.294 e. The molecule has 0 unspecified atom stereocenters. The predicted octanol–water partition coefficient (Wildman–Crippen LogP) is 3.22. The van der Waals surface area contributed by atoms with E-state index in [0.29, 0.717) is 30.0 Å². The van der Waals surface area contributed by atoms with Crippen LogP contribution in [0.5, 0.6) is 11.6 Å². The minimum absolute atomic E-state index is 0. The third-order valence-corrected chi connectivity index (χ3v) is 4.43. The van der Waals surface area contributed by atoms with Crippen LogP contribution in [0.25, 0.3) is 0 Å². The molecule has 7 nitrogen and oxygen atoms in total. The molecule has 0 radical (unpaired) electrons. The van der Waals surface area contributed by atoms with Gasteiger partial charge in [-0.2, -0.15) is 0 Å². The number of carbonyl (C=O) groups is 1. The molecule has 1 aromatic carbocycles. The Morgan fingerprint density at radius 2 is 2.19 bits per heavy atom. The Bertz CT molecular complexity index is 718. The number of hydrogen-bond donors (Lipinski definition) is 1. The molecule has 3 rings (SSSR count). The minimum atomic E-state index is -0.387. The van der Waals surface area contributed by atoms with E-state index in [1.807, 2.05) is 0 Å². The Labute approximate surface area is 159 Å². The quantitative estimate of drug-likeness (QED) is 0.756. The van der Waals surface area contributed by atoms with Crippen LogP contribution in [0.3, 0.4) is 0 Å². The monoisotopic (exact) mass is 381 g/mol. The first-order valence-corrected chi connectivity index (χ1v) is 8.41. The highest BCUT2D eigenvalue weighted by molar-refractivity contribution is 6.02. The van der Waals surface area contributed by atoms with E-state index in [0.717, 1.165) is 6.54 Å². The Balaban J connectivity index is 0.00000243. The number of aromatic nitrogens is 1. The maximum atomic E-state index is 12.2. The highest BCUT2D eigenvalue weighted by Crippen LogP contribution is 2.23. The van der Waals surface area contributed by atoms with Gasteiger partial charge in [0.05, 0.1) is 13.2 Å². The molecule has 2 aromatic rings. The number of rotatable bonds is 8. The van der Waals surface area contributed by atoms with Gasteiger partial charge in [0, 0.05) is 24.3 Å². The first-order valence-electron chi connectivity index (χ1n) is 8.41. The van der Waals surface area contributed by atoms with Crippen LogP contribution in [0.4, 0.5) is 5.69 Å². The second-order valence-electron chi connectivity index (χ2n) is 6.13. The molecule has 0 spiro atoms. The van der Waals surface area contributed by atoms with Gasteiger partial charge in [-0.15, -0.1) is 12.4 Å². The fraction of sp³-hybridized carbons (Fsp3) is 0.444. The number of likely N-dealkylation sites (N-methyl/N-ethyl adjacent to an activating group) is 1. The summed E-state index contributed by atoms with van der Waals surface area (Å²) in [6.07, 6.45) is 3.83. The van der Waals surface area contributed by atoms with Crippen LogP contribution in [-0.4, -0.2) is 49.3 Å². The standard InChI is InChI=1S/C18H23N3O4.ClH/c1-21(14-6-4-7-14)9-10-24-17-12-16(25-20-17)18(22)19-13-5-3-8-15(11-13)23-2;/h3,5,8,11-12,14H,4,6-7,9-10H2,1-2H3,(H,19,22);1H. The van der Waals surface area contributed by atoms with Crippen molar-refractivity contribution in [3.8, 4) is 11.6 Å². The zero-order valence-electron chi connectivity index (χ0n) is 14.9. The van der Waals surface area contributed by atoms with Crippen LogP contribution in [0, 0.1) is 0 Å². The molecule has 1 saturated carbocycles. The second-order valence-corrected chi connectivity index (χ2v) is 6.13. The lowest BCUT2D eigenvalue weighted by Gasteiger charge is -2.34. The van der Waals surface area contributed by atoms with E-state index in [4.69, 9.17) is 14.0 Å². The van der Waals surface area contributed by atoms with Crippen LogP contribution in [0.2, 0.25) is 0 Å². The normalized spacial score (nSPS) is 13.7. The second kappa shape index (κ2) is 9.45. The van der Waals surface area contributed by atoms with Crippen molar-refractivity contribution < 1.29 is 18.8 Å². The largest absolute Gasteiger partial charge is 0.497 e. The van der Waals surface area contributed by atoms with E-state index in [-0.39, 0.29) is 24.1 Å². The number of methoxy groups -OCH3 is 1. The number of carbonyl (C=O) groups excluding carboxylic acids is 1. The molecule has 1 aliphatic carbocycles. The van der Waals surface area contributed by atoms with Crippen LogP contribution in [-0.2, 0) is 0 Å². The highest BCUT2D eigenvalue weighted by atomic mass is 35.5. The van der Waals surface area contributed by atoms with E-state index in [1.54, 1.807) is 31.4 Å². The van der Waals surface area contributed by atoms with Gasteiger partial charge in [-0.3, -0.25) is 4.79 Å². The summed E-state index contributed by atoms with van der Waals surface area (Å²) >= 11 is 0. The molecular weight excluding hydrogens is 358 g/mol. The van der Waals surface area contributed by atoms with Gasteiger partial charge in [0.25, 0.3) is 11.8 Å². The summed E-state index contributed by atoms with van der Waals surface area (Å²) < 4.78 is 15.8. The lowest BCUT2D eigenvalue weighted by Crippen LogP contribution is -2.39. The summed E-state index contributed by atoms with van der Waals surface area (Å²) in [4.78, 5) is 14.5. The van der Waals surface area contributed by atoms with E-state index < -0.39 is 0 Å². The molecule has 26 heavy (non-hydrogen) atoms. The summed E-state index contributed by atoms with van der Waals surface area (Å²) in [7, 11) is 3.67. The van der Waals surface area contributed by atoms with Crippen LogP contribution < -0.4 is 14.8 Å². The SMILES string of the molecule is COc1cccc(NC(=O)c2cc(OCCN(C)C3CCC3)no2)c1.Cl. The predicted molar refractivity (Wildman–Crippen MR) is 100 cm³/mol. The Morgan fingerprint density at radius 1 is 1.38 bits per heavy atom. The van der Waals surface area contributed by atoms with Crippen molar-refractivity contribution in [1.29, 1.82) is 0 Å². The number of anilines is 1. The fourth-order valence-electron chi connectivity index (χ4n) is 2.63. The molecule has 0 aliphatic heterocycles. The van der Waals surface area contributed by atoms with Gasteiger partial charge in [0.15, 0.2) is 0 Å². The molecule has 1 amide bonds. The molecule has 142 valence electrons. The van der Waals surface area contributed by atoms with Gasteiger partial charge in [-0.1, -0.05) is 12.5 Å². The van der Waals surface area contributed by atoms with E-state index in [1.165, 1.54) is 25.3 Å². The number of benzene rings is 1. The lowest BCUT2D eigenvalue weighted by atomic mass is 9.92. The topological polar surface area (TPSA) is 76.8 Å². The number of hydrogen-bond acceptors (Lipinski definition) is 6. The molecule has 1 aliphatic rings. The minimum Gasteiger partial charge on any atom is -0.497 e. The molecule has 1 N–H and O–H groups in total. The molecule has 1 fully saturated rings. The maximum absolute atomic E-state index is 12.2. The zero-order chi connectivity index (χ0) is 17.6. The average Bonchev–Trinajstić information content (AvgIpc) is 3.02. The Kier molecular flexibility index (Phi) is 7.29. The van der Waals surface area contributed by atoms with Crippen LogP contribution in [0.1, 0.15) is 29.8 Å². The molecule has 0 atom stereocenters. The summed E-state index contributed by atoms with van der Waals surface area (Å²) in [6, 6.07) is 9.26. The van der Waals surface area contributed by atoms with Gasteiger partial charge in [0.2, 0.25) is 5.76 Å². The van der Waals surface area contributed by atoms with Crippen molar-refractivity contribution in [3.63, 3.8) is 0 Å². The summed E-state index contributed by atoms with van der Waals surface area (Å²) in [6.45, 7) is 1.33. The summed E-state index contributed by atoms with van der Waals surface area (Å²) in [5.74, 6) is 0.695. The molecule has 1 heterocycles. The van der Waals surface area contributed by atoms with Gasteiger partial charge in [-0.05, 0) is 37.2 Å². The first-order chi connectivity index (χ1) is 12.2. The fourth-order valence-corrected chi connectivity index (χ4v) is 2.63. The van der Waals surface area contributed by atoms with E-state index >= 15 is 0 Å². The molecule has 0 bridgehead atoms. The molecule has 1 aromatic heterocycles. The van der Waals surface area contributed by atoms with Crippen molar-refractivity contribution in [2.75, 3.05) is 32.6 Å². The number of ether oxygens (including phenoxy) is 2. The number of nitrogens with one attached hydrogen (secondary N) is 1. The van der Waals surface area contributed by atoms with Crippen LogP contribution in [0.15, 0.2) is 34.9 Å². The molecular formula is C18H24ClN3O4. The molecule has 8 heteroatoms. The van der Waals surface area contributed by atoms with Crippen molar-refractivity contribution in [2.45, 2.75) is 25.3 Å². The maximum Gasteiger partial charge on any atom is 0.294 e. The van der Waals surface area contributed by atoms with Gasteiger partial charge in [0.1, 0.15) is 12.4 Å². The Hall–Kier alpha value is -2.25. The van der Waals surface area contributed by atoms with E-state index in [9.17, 15) is 4.79 Å². The van der Waals surface area contributed by atoms with Gasteiger partial charge >= 0.3 is 0 Å². The summed E-state index contributed by atoms with van der Waals surface area (Å²) in [5, 5.41) is 6.52. The number of nitrogens with zero attached hydrogens (tertiary/aromatic N) is 2. The number of amides is 1. The highest BCUT2D eigenvalue weighted by Gasteiger charge is 2.21. The third kappa shape index (κ3) is 5.12. The molecule has 0 saturated heterocycles. The van der Waals surface area contributed by atoms with Gasteiger partial charge in [-0.25, -0.2) is 0 Å². The van der Waals surface area contributed by atoms with Crippen molar-refractivity contribution >= 4 is 24.0 Å². The third-order valence-electron chi connectivity index (χ3n) is 4.43. The Morgan fingerprint density at radius 3 is 2.88 bits per heavy atom. The first kappa shape index (κ1) is 20.1. The van der Waals surface area contributed by atoms with Gasteiger partial charge < -0.3 is 24.2 Å².